The zero-order chi connectivity index (χ0) is 26.5. The van der Waals surface area contributed by atoms with E-state index in [0.29, 0.717) is 11.9 Å². The number of pyridine rings is 1. The number of quaternary nitrogens is 1. The molecule has 2 fully saturated rings. The van der Waals surface area contributed by atoms with Crippen LogP contribution < -0.4 is 11.2 Å². The van der Waals surface area contributed by atoms with Crippen molar-refractivity contribution in [2.45, 2.75) is 37.9 Å². The molecule has 6 rings (SSSR count). The average molecular weight is 523 g/mol. The Morgan fingerprint density at radius 3 is 2.74 bits per heavy atom. The van der Waals surface area contributed by atoms with Crippen LogP contribution in [0.3, 0.4) is 0 Å². The topological polar surface area (TPSA) is 96.0 Å². The molecule has 8 nitrogen and oxygen atoms in total. The summed E-state index contributed by atoms with van der Waals surface area (Å²) in [6, 6.07) is 9.02. The van der Waals surface area contributed by atoms with Crippen molar-refractivity contribution in [2.24, 2.45) is 21.7 Å². The molecule has 1 unspecified atom stereocenters. The van der Waals surface area contributed by atoms with Gasteiger partial charge in [-0.3, -0.25) is 14.7 Å². The molecular weight excluding hydrogens is 495 g/mol. The van der Waals surface area contributed by atoms with E-state index in [1.165, 1.54) is 12.8 Å². The third kappa shape index (κ3) is 4.36. The Bertz CT molecular complexity index is 1400. The van der Waals surface area contributed by atoms with Crippen LogP contribution in [-0.2, 0) is 6.18 Å². The summed E-state index contributed by atoms with van der Waals surface area (Å²) in [7, 11) is 0. The number of anilines is 1. The number of fused-ring (bicyclic) bond motifs is 2. The summed E-state index contributed by atoms with van der Waals surface area (Å²) in [5.41, 5.74) is 1.93. The van der Waals surface area contributed by atoms with Crippen LogP contribution in [0.5, 0.6) is 0 Å². The normalized spacial score (nSPS) is 26.8. The number of nitrogens with one attached hydrogen (secondary N) is 1. The van der Waals surface area contributed by atoms with Gasteiger partial charge in [0.15, 0.2) is 0 Å². The van der Waals surface area contributed by atoms with Gasteiger partial charge in [-0.05, 0) is 68.6 Å². The quantitative estimate of drug-likeness (QED) is 0.458. The largest absolute Gasteiger partial charge is 0.416 e. The molecule has 1 aromatic carbocycles. The van der Waals surface area contributed by atoms with Gasteiger partial charge in [-0.15, -0.1) is 4.59 Å². The van der Waals surface area contributed by atoms with Gasteiger partial charge in [0, 0.05) is 30.3 Å². The van der Waals surface area contributed by atoms with E-state index in [-0.39, 0.29) is 21.9 Å². The fraction of sp³-hybridized carbons (Fsp3) is 0.333. The van der Waals surface area contributed by atoms with Crippen molar-refractivity contribution in [3.63, 3.8) is 0 Å². The van der Waals surface area contributed by atoms with E-state index in [9.17, 15) is 18.0 Å². The molecule has 0 aliphatic carbocycles. The molecule has 2 aromatic rings. The van der Waals surface area contributed by atoms with Crippen molar-refractivity contribution in [2.75, 3.05) is 18.4 Å². The molecule has 0 spiro atoms. The second-order valence-corrected chi connectivity index (χ2v) is 10.1. The van der Waals surface area contributed by atoms with E-state index >= 15 is 0 Å². The summed E-state index contributed by atoms with van der Waals surface area (Å²) in [6.45, 7) is 2.08. The Morgan fingerprint density at radius 2 is 1.95 bits per heavy atom. The van der Waals surface area contributed by atoms with E-state index in [1.807, 2.05) is 0 Å². The predicted octanol–water partition coefficient (Wildman–Crippen LogP) is 4.45. The molecule has 1 aromatic heterocycles. The van der Waals surface area contributed by atoms with E-state index in [0.717, 1.165) is 61.2 Å². The van der Waals surface area contributed by atoms with Crippen molar-refractivity contribution in [3.05, 3.63) is 83.1 Å². The lowest BCUT2D eigenvalue weighted by atomic mass is 9.90. The first kappa shape index (κ1) is 24.7. The van der Waals surface area contributed by atoms with Crippen molar-refractivity contribution in [1.29, 1.82) is 0 Å². The number of amides is 1. The van der Waals surface area contributed by atoms with E-state index in [2.05, 4.69) is 20.2 Å². The highest BCUT2D eigenvalue weighted by Crippen LogP contribution is 2.40. The Balaban J connectivity index is 1.24. The van der Waals surface area contributed by atoms with Crippen LogP contribution in [0.2, 0.25) is 0 Å². The summed E-state index contributed by atoms with van der Waals surface area (Å²) in [5, 5.41) is 2.43. The number of alkyl halides is 3. The average Bonchev–Trinajstić information content (AvgIpc) is 3.50. The molecule has 4 aliphatic rings. The second kappa shape index (κ2) is 9.26. The molecular formula is C27H27F3N7O+. The number of carbonyl (C=O) groups excluding carboxylic acids is 1. The van der Waals surface area contributed by atoms with Gasteiger partial charge in [0.2, 0.25) is 5.70 Å². The second-order valence-electron chi connectivity index (χ2n) is 10.1. The molecule has 38 heavy (non-hydrogen) atoms. The van der Waals surface area contributed by atoms with Crippen molar-refractivity contribution in [1.82, 2.24) is 9.88 Å². The fourth-order valence-corrected chi connectivity index (χ4v) is 5.79. The third-order valence-corrected chi connectivity index (χ3v) is 7.75. The maximum absolute atomic E-state index is 13.0. The molecule has 1 amide bonds. The summed E-state index contributed by atoms with van der Waals surface area (Å²) in [5.74, 6) is 7.02. The summed E-state index contributed by atoms with van der Waals surface area (Å²) in [6.07, 6.45) is 6.42. The molecule has 3 N–H and O–H groups in total. The summed E-state index contributed by atoms with van der Waals surface area (Å²) >= 11 is 0. The highest BCUT2D eigenvalue weighted by atomic mass is 19.4. The van der Waals surface area contributed by atoms with Crippen molar-refractivity contribution in [3.8, 4) is 0 Å². The highest BCUT2D eigenvalue weighted by molar-refractivity contribution is 6.05. The molecule has 3 atom stereocenters. The zero-order valence-corrected chi connectivity index (χ0v) is 20.5. The molecule has 0 bridgehead atoms. The van der Waals surface area contributed by atoms with Gasteiger partial charge in [0.1, 0.15) is 17.7 Å². The van der Waals surface area contributed by atoms with Crippen molar-refractivity contribution >= 4 is 23.8 Å². The summed E-state index contributed by atoms with van der Waals surface area (Å²) in [4.78, 5) is 28.5. The number of nitrogens with zero attached hydrogens (tertiary/aromatic N) is 5. The van der Waals surface area contributed by atoms with E-state index in [4.69, 9.17) is 10.8 Å². The first-order chi connectivity index (χ1) is 18.2. The molecule has 2 saturated heterocycles. The number of halogens is 3. The van der Waals surface area contributed by atoms with Crippen LogP contribution >= 0.6 is 0 Å². The van der Waals surface area contributed by atoms with Crippen LogP contribution in [0.15, 0.2) is 76.4 Å². The number of amidine groups is 1. The maximum atomic E-state index is 13.0. The monoisotopic (exact) mass is 522 g/mol. The number of carbonyl (C=O) groups is 1. The number of allylic oxidation sites excluding steroid dienone is 1. The van der Waals surface area contributed by atoms with Gasteiger partial charge in [0.05, 0.1) is 23.5 Å². The summed E-state index contributed by atoms with van der Waals surface area (Å²) < 4.78 is 38.9. The predicted molar refractivity (Wildman–Crippen MR) is 137 cm³/mol. The number of aromatic nitrogens is 1. The lowest BCUT2D eigenvalue weighted by molar-refractivity contribution is -0.750. The van der Waals surface area contributed by atoms with Gasteiger partial charge < -0.3 is 5.32 Å². The van der Waals surface area contributed by atoms with Crippen LogP contribution in [0, 0.1) is 5.92 Å². The Labute approximate surface area is 217 Å². The van der Waals surface area contributed by atoms with Gasteiger partial charge in [-0.2, -0.15) is 24.0 Å². The van der Waals surface area contributed by atoms with Crippen molar-refractivity contribution < 1.29 is 22.6 Å². The minimum atomic E-state index is -4.53. The number of aliphatic imine (C=N–C) groups is 2. The molecule has 196 valence electrons. The van der Waals surface area contributed by atoms with Crippen LogP contribution in [0.25, 0.3) is 0 Å². The number of piperidine rings is 1. The lowest BCUT2D eigenvalue weighted by Gasteiger charge is -2.35. The van der Waals surface area contributed by atoms with Gasteiger partial charge >= 0.3 is 6.18 Å². The Kier molecular flexibility index (Phi) is 6.01. The minimum absolute atomic E-state index is 0.0988. The first-order valence-corrected chi connectivity index (χ1v) is 12.6. The molecule has 0 saturated carbocycles. The van der Waals surface area contributed by atoms with Crippen LogP contribution in [0.1, 0.15) is 47.2 Å². The highest BCUT2D eigenvalue weighted by Gasteiger charge is 2.47. The van der Waals surface area contributed by atoms with Crippen LogP contribution in [0.4, 0.5) is 19.0 Å². The Hall–Kier alpha value is -3.67. The number of nitrogens with two attached hydrogens (primary N) is 1. The first-order valence-electron chi connectivity index (χ1n) is 12.6. The molecule has 5 heterocycles. The molecule has 11 heteroatoms. The SMILES string of the molecule is N[N+]12C=CN=CC1=C([C@@H]1CC[C@H]3CCCN3C1)N=C2c1ccc(C(=O)Nc2cc(C(F)(F)F)ccn2)cc1. The van der Waals surface area contributed by atoms with Crippen LogP contribution in [-0.4, -0.2) is 51.6 Å². The van der Waals surface area contributed by atoms with Gasteiger partial charge in [0.25, 0.3) is 11.7 Å². The maximum Gasteiger partial charge on any atom is 0.416 e. The smallest absolute Gasteiger partial charge is 0.307 e. The van der Waals surface area contributed by atoms with Gasteiger partial charge in [-0.1, -0.05) is 0 Å². The van der Waals surface area contributed by atoms with E-state index < -0.39 is 17.6 Å². The number of hydrogen-bond acceptors (Lipinski definition) is 6. The van der Waals surface area contributed by atoms with E-state index in [1.54, 1.807) is 42.9 Å². The molecule has 4 aliphatic heterocycles. The lowest BCUT2D eigenvalue weighted by Crippen LogP contribution is -2.53. The standard InChI is InChI=1S/C27H26F3N7O/c28-27(29,30)20-9-10-33-23(14-20)34-26(38)18-5-3-17(4-6-18)25-35-24(22-15-32-11-13-37(22,25)31)19-7-8-21-2-1-12-36(21)16-19/h3-6,9-11,13-15,19,21H,1-2,7-8,12,16,31H2/p+1/t19-,21-,37?/m1/s1. The van der Waals surface area contributed by atoms with Gasteiger partial charge in [-0.25, -0.2) is 4.98 Å². The Morgan fingerprint density at radius 1 is 1.13 bits per heavy atom. The number of rotatable bonds is 4. The fourth-order valence-electron chi connectivity index (χ4n) is 5.79. The number of benzene rings is 1. The number of hydrogen-bond donors (Lipinski definition) is 2. The minimum Gasteiger partial charge on any atom is -0.307 e. The zero-order valence-electron chi connectivity index (χ0n) is 20.5. The third-order valence-electron chi connectivity index (χ3n) is 7.75. The molecule has 0 radical (unpaired) electrons.